The summed E-state index contributed by atoms with van der Waals surface area (Å²) in [6.07, 6.45) is 4.78. The summed E-state index contributed by atoms with van der Waals surface area (Å²) in [6.45, 7) is 0. The summed E-state index contributed by atoms with van der Waals surface area (Å²) in [5.41, 5.74) is 1.02. The minimum Gasteiger partial charge on any atom is -0.317 e. The molecule has 2 rings (SSSR count). The molecule has 1 saturated carbocycles. The van der Waals surface area contributed by atoms with Crippen molar-refractivity contribution in [3.8, 4) is 0 Å². The quantitative estimate of drug-likeness (QED) is 0.833. The molecule has 1 atom stereocenters. The summed E-state index contributed by atoms with van der Waals surface area (Å²) >= 11 is 5.65. The van der Waals surface area contributed by atoms with E-state index in [1.54, 1.807) is 12.1 Å². The van der Waals surface area contributed by atoms with Gasteiger partial charge in [0.15, 0.2) is 0 Å². The second-order valence-corrected chi connectivity index (χ2v) is 5.02. The highest BCUT2D eigenvalue weighted by molar-refractivity contribution is 6.30. The number of nitrogens with one attached hydrogen (secondary N) is 1. The summed E-state index contributed by atoms with van der Waals surface area (Å²) in [5, 5.41) is 3.50. The summed E-state index contributed by atoms with van der Waals surface area (Å²) in [7, 11) is 1.97. The molecule has 0 aliphatic heterocycles. The van der Waals surface area contributed by atoms with Crippen LogP contribution in [0.3, 0.4) is 0 Å². The number of likely N-dealkylation sites (N-methyl/N-ethyl adjacent to an activating group) is 1. The van der Waals surface area contributed by atoms with Crippen LogP contribution in [0.2, 0.25) is 5.02 Å². The molecule has 88 valence electrons. The molecule has 0 spiro atoms. The SMILES string of the molecule is CNC(Cc1ccc(Cl)c(F)c1)CC1CC1. The minimum atomic E-state index is -0.319. The number of hydrogen-bond donors (Lipinski definition) is 1. The monoisotopic (exact) mass is 241 g/mol. The Kier molecular flexibility index (Phi) is 3.82. The van der Waals surface area contributed by atoms with E-state index in [0.29, 0.717) is 6.04 Å². The van der Waals surface area contributed by atoms with Crippen LogP contribution in [0.1, 0.15) is 24.8 Å². The van der Waals surface area contributed by atoms with E-state index < -0.39 is 0 Å². The Balaban J connectivity index is 1.97. The molecule has 16 heavy (non-hydrogen) atoms. The average Bonchev–Trinajstić information content (AvgIpc) is 3.06. The Labute approximate surface area is 101 Å². The van der Waals surface area contributed by atoms with Gasteiger partial charge < -0.3 is 5.32 Å². The fraction of sp³-hybridized carbons (Fsp3) is 0.538. The highest BCUT2D eigenvalue weighted by Crippen LogP contribution is 2.34. The van der Waals surface area contributed by atoms with Gasteiger partial charge in [-0.25, -0.2) is 4.39 Å². The van der Waals surface area contributed by atoms with Crippen molar-refractivity contribution in [2.24, 2.45) is 5.92 Å². The summed E-state index contributed by atoms with van der Waals surface area (Å²) in [5.74, 6) is 0.565. The highest BCUT2D eigenvalue weighted by atomic mass is 35.5. The molecule has 1 nitrogen and oxygen atoms in total. The molecule has 1 aliphatic rings. The van der Waals surface area contributed by atoms with Crippen LogP contribution in [-0.2, 0) is 6.42 Å². The first kappa shape index (κ1) is 11.9. The average molecular weight is 242 g/mol. The van der Waals surface area contributed by atoms with E-state index in [1.807, 2.05) is 13.1 Å². The standard InChI is InChI=1S/C13H17ClFN/c1-16-11(6-9-2-3-9)7-10-4-5-12(14)13(15)8-10/h4-5,8-9,11,16H,2-3,6-7H2,1H3. The lowest BCUT2D eigenvalue weighted by Crippen LogP contribution is -2.28. The Bertz CT molecular complexity index is 363. The molecule has 1 N–H and O–H groups in total. The second-order valence-electron chi connectivity index (χ2n) is 4.62. The molecule has 0 amide bonds. The van der Waals surface area contributed by atoms with Crippen molar-refractivity contribution in [2.75, 3.05) is 7.05 Å². The summed E-state index contributed by atoms with van der Waals surface area (Å²) in [6, 6.07) is 5.53. The Morgan fingerprint density at radius 2 is 2.25 bits per heavy atom. The molecule has 0 bridgehead atoms. The maximum Gasteiger partial charge on any atom is 0.142 e. The van der Waals surface area contributed by atoms with Gasteiger partial charge in [-0.1, -0.05) is 30.5 Å². The largest absolute Gasteiger partial charge is 0.317 e. The smallest absolute Gasteiger partial charge is 0.142 e. The lowest BCUT2D eigenvalue weighted by molar-refractivity contribution is 0.489. The van der Waals surface area contributed by atoms with Gasteiger partial charge >= 0.3 is 0 Å². The fourth-order valence-corrected chi connectivity index (χ4v) is 2.13. The predicted molar refractivity (Wildman–Crippen MR) is 65.3 cm³/mol. The van der Waals surface area contributed by atoms with Crippen molar-refractivity contribution in [1.82, 2.24) is 5.32 Å². The number of rotatable bonds is 5. The van der Waals surface area contributed by atoms with E-state index in [4.69, 9.17) is 11.6 Å². The van der Waals surface area contributed by atoms with E-state index in [-0.39, 0.29) is 10.8 Å². The highest BCUT2D eigenvalue weighted by Gasteiger charge is 2.24. The van der Waals surface area contributed by atoms with Gasteiger partial charge in [0.05, 0.1) is 5.02 Å². The molecule has 0 heterocycles. The Morgan fingerprint density at radius 1 is 1.50 bits per heavy atom. The first-order valence-corrected chi connectivity index (χ1v) is 6.18. The topological polar surface area (TPSA) is 12.0 Å². The van der Waals surface area contributed by atoms with Crippen LogP contribution in [0, 0.1) is 11.7 Å². The lowest BCUT2D eigenvalue weighted by Gasteiger charge is -2.15. The van der Waals surface area contributed by atoms with Crippen LogP contribution in [0.5, 0.6) is 0 Å². The van der Waals surface area contributed by atoms with Crippen molar-refractivity contribution in [1.29, 1.82) is 0 Å². The zero-order chi connectivity index (χ0) is 11.5. The molecule has 1 aromatic carbocycles. The zero-order valence-electron chi connectivity index (χ0n) is 9.47. The first-order valence-electron chi connectivity index (χ1n) is 5.80. The van der Waals surface area contributed by atoms with Gasteiger partial charge in [-0.15, -0.1) is 0 Å². The van der Waals surface area contributed by atoms with Crippen LogP contribution >= 0.6 is 11.6 Å². The maximum absolute atomic E-state index is 13.3. The van der Waals surface area contributed by atoms with Crippen molar-refractivity contribution in [3.05, 3.63) is 34.6 Å². The molecule has 0 aromatic heterocycles. The van der Waals surface area contributed by atoms with Gasteiger partial charge in [0, 0.05) is 6.04 Å². The zero-order valence-corrected chi connectivity index (χ0v) is 10.2. The lowest BCUT2D eigenvalue weighted by atomic mass is 10.0. The predicted octanol–water partition coefficient (Wildman–Crippen LogP) is 3.41. The Morgan fingerprint density at radius 3 is 2.81 bits per heavy atom. The van der Waals surface area contributed by atoms with Crippen molar-refractivity contribution in [2.45, 2.75) is 31.7 Å². The van der Waals surface area contributed by atoms with E-state index in [9.17, 15) is 4.39 Å². The molecule has 1 aromatic rings. The molecular formula is C13H17ClFN. The molecule has 1 fully saturated rings. The molecule has 1 aliphatic carbocycles. The van der Waals surface area contributed by atoms with Crippen molar-refractivity contribution in [3.63, 3.8) is 0 Å². The van der Waals surface area contributed by atoms with Gasteiger partial charge in [0.2, 0.25) is 0 Å². The fourth-order valence-electron chi connectivity index (χ4n) is 2.01. The summed E-state index contributed by atoms with van der Waals surface area (Å²) < 4.78 is 13.3. The normalized spacial score (nSPS) is 17.4. The number of halogens is 2. The van der Waals surface area contributed by atoms with Crippen LogP contribution in [0.4, 0.5) is 4.39 Å². The third-order valence-corrected chi connectivity index (χ3v) is 3.50. The van der Waals surface area contributed by atoms with Crippen molar-refractivity contribution < 1.29 is 4.39 Å². The minimum absolute atomic E-state index is 0.201. The molecule has 1 unspecified atom stereocenters. The van der Waals surface area contributed by atoms with Crippen molar-refractivity contribution >= 4 is 11.6 Å². The van der Waals surface area contributed by atoms with Crippen LogP contribution in [0.25, 0.3) is 0 Å². The van der Waals surface area contributed by atoms with Crippen LogP contribution < -0.4 is 5.32 Å². The van der Waals surface area contributed by atoms with Crippen LogP contribution in [-0.4, -0.2) is 13.1 Å². The van der Waals surface area contributed by atoms with Crippen LogP contribution in [0.15, 0.2) is 18.2 Å². The van der Waals surface area contributed by atoms with Gasteiger partial charge in [-0.3, -0.25) is 0 Å². The third kappa shape index (κ3) is 3.19. The molecule has 3 heteroatoms. The Hall–Kier alpha value is -0.600. The van der Waals surface area contributed by atoms with Gasteiger partial charge in [-0.2, -0.15) is 0 Å². The third-order valence-electron chi connectivity index (χ3n) is 3.19. The van der Waals surface area contributed by atoms with Gasteiger partial charge in [0.1, 0.15) is 5.82 Å². The van der Waals surface area contributed by atoms with E-state index >= 15 is 0 Å². The number of benzene rings is 1. The van der Waals surface area contributed by atoms with E-state index in [1.165, 1.54) is 19.3 Å². The second kappa shape index (κ2) is 5.15. The van der Waals surface area contributed by atoms with Gasteiger partial charge in [0.25, 0.3) is 0 Å². The van der Waals surface area contributed by atoms with E-state index in [0.717, 1.165) is 17.9 Å². The molecule has 0 radical (unpaired) electrons. The maximum atomic E-state index is 13.3. The first-order chi connectivity index (χ1) is 7.69. The van der Waals surface area contributed by atoms with Gasteiger partial charge in [-0.05, 0) is 43.5 Å². The molecule has 0 saturated heterocycles. The summed E-state index contributed by atoms with van der Waals surface area (Å²) in [4.78, 5) is 0. The molecular weight excluding hydrogens is 225 g/mol. The number of hydrogen-bond acceptors (Lipinski definition) is 1. The van der Waals surface area contributed by atoms with E-state index in [2.05, 4.69) is 5.32 Å².